The molecule has 2 rings (SSSR count). The van der Waals surface area contributed by atoms with Gasteiger partial charge in [0.2, 0.25) is 5.88 Å². The summed E-state index contributed by atoms with van der Waals surface area (Å²) < 4.78 is 11.0. The Morgan fingerprint density at radius 1 is 1.20 bits per heavy atom. The van der Waals surface area contributed by atoms with Gasteiger partial charge < -0.3 is 25.4 Å². The topological polar surface area (TPSA) is 96.9 Å². The minimum absolute atomic E-state index is 0. The zero-order valence-corrected chi connectivity index (χ0v) is 21.2. The molecule has 3 N–H and O–H groups in total. The lowest BCUT2D eigenvalue weighted by molar-refractivity contribution is 0.0474. The summed E-state index contributed by atoms with van der Waals surface area (Å²) in [6, 6.07) is 3.88. The largest absolute Gasteiger partial charge is 0.477 e. The number of amides is 1. The van der Waals surface area contributed by atoms with E-state index in [1.165, 1.54) is 12.8 Å². The maximum atomic E-state index is 12.0. The number of hydrogen-bond acceptors (Lipinski definition) is 5. The van der Waals surface area contributed by atoms with Crippen molar-refractivity contribution in [2.75, 3.05) is 20.2 Å². The van der Waals surface area contributed by atoms with Gasteiger partial charge in [-0.25, -0.2) is 9.78 Å². The SMILES string of the molecule is CN=C(NCc1ccc(OCC2CC2)nc1)NCC(C)(C)NC(=O)OC(C)(C)C.I. The molecular formula is C21H36IN5O3. The predicted octanol–water partition coefficient (Wildman–Crippen LogP) is 3.46. The van der Waals surface area contributed by atoms with Crippen LogP contribution in [-0.2, 0) is 11.3 Å². The van der Waals surface area contributed by atoms with E-state index in [1.54, 1.807) is 13.2 Å². The third-order valence-electron chi connectivity index (χ3n) is 4.18. The molecule has 0 aromatic carbocycles. The molecule has 1 aliphatic rings. The molecule has 9 heteroatoms. The third kappa shape index (κ3) is 10.8. The molecule has 1 heterocycles. The first-order chi connectivity index (χ1) is 13.6. The lowest BCUT2D eigenvalue weighted by Gasteiger charge is -2.29. The number of carbonyl (C=O) groups excluding carboxylic acids is 1. The van der Waals surface area contributed by atoms with Crippen LogP contribution in [-0.4, -0.2) is 48.4 Å². The summed E-state index contributed by atoms with van der Waals surface area (Å²) >= 11 is 0. The van der Waals surface area contributed by atoms with E-state index in [4.69, 9.17) is 9.47 Å². The molecule has 1 aliphatic carbocycles. The molecule has 0 radical (unpaired) electrons. The van der Waals surface area contributed by atoms with E-state index in [1.807, 2.05) is 46.8 Å². The quantitative estimate of drug-likeness (QED) is 0.269. The van der Waals surface area contributed by atoms with E-state index in [9.17, 15) is 4.79 Å². The molecule has 0 spiro atoms. The molecule has 1 aromatic rings. The highest BCUT2D eigenvalue weighted by Gasteiger charge is 2.25. The van der Waals surface area contributed by atoms with E-state index in [-0.39, 0.29) is 24.0 Å². The van der Waals surface area contributed by atoms with Crippen LogP contribution in [0.25, 0.3) is 0 Å². The van der Waals surface area contributed by atoms with Crippen LogP contribution in [0.1, 0.15) is 53.0 Å². The monoisotopic (exact) mass is 533 g/mol. The second-order valence-corrected chi connectivity index (χ2v) is 9.05. The van der Waals surface area contributed by atoms with Crippen LogP contribution in [0.5, 0.6) is 5.88 Å². The minimum Gasteiger partial charge on any atom is -0.477 e. The molecule has 0 saturated heterocycles. The molecular weight excluding hydrogens is 497 g/mol. The Hall–Kier alpha value is -1.78. The van der Waals surface area contributed by atoms with Gasteiger partial charge in [0.15, 0.2) is 5.96 Å². The summed E-state index contributed by atoms with van der Waals surface area (Å²) in [5, 5.41) is 9.33. The molecule has 8 nitrogen and oxygen atoms in total. The molecule has 0 unspecified atom stereocenters. The van der Waals surface area contributed by atoms with Gasteiger partial charge in [-0.15, -0.1) is 24.0 Å². The number of aromatic nitrogens is 1. The van der Waals surface area contributed by atoms with Crippen LogP contribution >= 0.6 is 24.0 Å². The number of nitrogens with zero attached hydrogens (tertiary/aromatic N) is 2. The minimum atomic E-state index is -0.530. The Labute approximate surface area is 197 Å². The van der Waals surface area contributed by atoms with Gasteiger partial charge in [0.05, 0.1) is 12.1 Å². The van der Waals surface area contributed by atoms with E-state index >= 15 is 0 Å². The van der Waals surface area contributed by atoms with Crippen molar-refractivity contribution in [3.05, 3.63) is 23.9 Å². The van der Waals surface area contributed by atoms with Gasteiger partial charge in [0.1, 0.15) is 5.60 Å². The Morgan fingerprint density at radius 3 is 2.43 bits per heavy atom. The maximum absolute atomic E-state index is 12.0. The van der Waals surface area contributed by atoms with Crippen LogP contribution in [0.4, 0.5) is 4.79 Å². The van der Waals surface area contributed by atoms with E-state index in [2.05, 4.69) is 25.9 Å². The zero-order valence-electron chi connectivity index (χ0n) is 18.9. The van der Waals surface area contributed by atoms with Crippen molar-refractivity contribution in [3.8, 4) is 5.88 Å². The van der Waals surface area contributed by atoms with Crippen molar-refractivity contribution in [1.29, 1.82) is 0 Å². The van der Waals surface area contributed by atoms with E-state index < -0.39 is 17.2 Å². The summed E-state index contributed by atoms with van der Waals surface area (Å²) in [6.07, 6.45) is 3.88. The first-order valence-corrected chi connectivity index (χ1v) is 10.1. The number of aliphatic imine (C=N–C) groups is 1. The normalized spacial score (nSPS) is 14.4. The fraction of sp³-hybridized carbons (Fsp3) is 0.667. The number of rotatable bonds is 8. The number of nitrogens with one attached hydrogen (secondary N) is 3. The molecule has 0 bridgehead atoms. The molecule has 1 saturated carbocycles. The smallest absolute Gasteiger partial charge is 0.408 e. The van der Waals surface area contributed by atoms with E-state index in [0.717, 1.165) is 12.2 Å². The van der Waals surface area contributed by atoms with Gasteiger partial charge in [-0.2, -0.15) is 0 Å². The summed E-state index contributed by atoms with van der Waals surface area (Å²) in [4.78, 5) is 20.6. The van der Waals surface area contributed by atoms with Crippen LogP contribution in [0.15, 0.2) is 23.3 Å². The van der Waals surface area contributed by atoms with Crippen LogP contribution in [0.3, 0.4) is 0 Å². The number of guanidine groups is 1. The molecule has 0 aliphatic heterocycles. The highest BCUT2D eigenvalue weighted by atomic mass is 127. The number of carbonyl (C=O) groups is 1. The molecule has 170 valence electrons. The number of halogens is 1. The summed E-state index contributed by atoms with van der Waals surface area (Å²) in [6.45, 7) is 11.2. The Morgan fingerprint density at radius 2 is 1.90 bits per heavy atom. The summed E-state index contributed by atoms with van der Waals surface area (Å²) in [5.41, 5.74) is -0.0161. The van der Waals surface area contributed by atoms with Gasteiger partial charge >= 0.3 is 6.09 Å². The van der Waals surface area contributed by atoms with E-state index in [0.29, 0.717) is 30.8 Å². The van der Waals surface area contributed by atoms with Gasteiger partial charge in [-0.3, -0.25) is 4.99 Å². The Bertz CT molecular complexity index is 698. The molecule has 30 heavy (non-hydrogen) atoms. The highest BCUT2D eigenvalue weighted by molar-refractivity contribution is 14.0. The van der Waals surface area contributed by atoms with Crippen molar-refractivity contribution < 1.29 is 14.3 Å². The van der Waals surface area contributed by atoms with Gasteiger partial charge in [0.25, 0.3) is 0 Å². The zero-order chi connectivity index (χ0) is 21.5. The number of hydrogen-bond donors (Lipinski definition) is 3. The third-order valence-corrected chi connectivity index (χ3v) is 4.18. The molecule has 1 aromatic heterocycles. The van der Waals surface area contributed by atoms with Crippen molar-refractivity contribution in [2.45, 2.75) is 65.1 Å². The first kappa shape index (κ1) is 26.3. The lowest BCUT2D eigenvalue weighted by Crippen LogP contribution is -2.54. The lowest BCUT2D eigenvalue weighted by atomic mass is 10.1. The summed E-state index contributed by atoms with van der Waals surface area (Å²) in [5.74, 6) is 2.01. The van der Waals surface area contributed by atoms with Crippen molar-refractivity contribution in [2.24, 2.45) is 10.9 Å². The standard InChI is InChI=1S/C21H35N5O3.HI/c1-20(2,3)29-19(27)26-21(4,5)14-25-18(22-6)24-12-16-9-10-17(23-11-16)28-13-15-7-8-15;/h9-11,15H,7-8,12-14H2,1-6H3,(H,26,27)(H2,22,24,25);1H. The second kappa shape index (κ2) is 11.6. The Kier molecular flexibility index (Phi) is 10.1. The Balaban J connectivity index is 0.00000450. The van der Waals surface area contributed by atoms with Crippen LogP contribution < -0.4 is 20.7 Å². The fourth-order valence-electron chi connectivity index (χ4n) is 2.42. The summed E-state index contributed by atoms with van der Waals surface area (Å²) in [7, 11) is 1.71. The highest BCUT2D eigenvalue weighted by Crippen LogP contribution is 2.29. The second-order valence-electron chi connectivity index (χ2n) is 9.05. The molecule has 1 fully saturated rings. The number of alkyl carbamates (subject to hydrolysis) is 1. The molecule has 1 amide bonds. The average molecular weight is 533 g/mol. The van der Waals surface area contributed by atoms with Gasteiger partial charge in [0, 0.05) is 32.4 Å². The van der Waals surface area contributed by atoms with Crippen LogP contribution in [0.2, 0.25) is 0 Å². The van der Waals surface area contributed by atoms with Crippen LogP contribution in [0, 0.1) is 5.92 Å². The number of pyridine rings is 1. The van der Waals surface area contributed by atoms with Gasteiger partial charge in [-0.05, 0) is 58.9 Å². The van der Waals surface area contributed by atoms with Crippen molar-refractivity contribution >= 4 is 36.0 Å². The number of ether oxygens (including phenoxy) is 2. The van der Waals surface area contributed by atoms with Crippen molar-refractivity contribution in [3.63, 3.8) is 0 Å². The fourth-order valence-corrected chi connectivity index (χ4v) is 2.42. The van der Waals surface area contributed by atoms with Crippen molar-refractivity contribution in [1.82, 2.24) is 20.9 Å². The molecule has 0 atom stereocenters. The average Bonchev–Trinajstić information content (AvgIpc) is 3.43. The predicted molar refractivity (Wildman–Crippen MR) is 130 cm³/mol. The maximum Gasteiger partial charge on any atom is 0.408 e. The van der Waals surface area contributed by atoms with Gasteiger partial charge in [-0.1, -0.05) is 6.07 Å². The first-order valence-electron chi connectivity index (χ1n) is 10.1.